The van der Waals surface area contributed by atoms with Crippen molar-refractivity contribution >= 4 is 11.0 Å². The SMILES string of the molecule is C1=CC2CC1CC2CN1CCC(n2c(C3CCCN3)nc3ccccc32)CC1. The van der Waals surface area contributed by atoms with E-state index in [2.05, 4.69) is 51.2 Å². The smallest absolute Gasteiger partial charge is 0.127 e. The van der Waals surface area contributed by atoms with E-state index in [9.17, 15) is 0 Å². The molecule has 1 aromatic heterocycles. The minimum Gasteiger partial charge on any atom is -0.323 e. The summed E-state index contributed by atoms with van der Waals surface area (Å²) >= 11 is 0. The van der Waals surface area contributed by atoms with Gasteiger partial charge in [0, 0.05) is 25.7 Å². The largest absolute Gasteiger partial charge is 0.323 e. The number of likely N-dealkylation sites (tertiary alicyclic amines) is 1. The van der Waals surface area contributed by atoms with Gasteiger partial charge in [-0.05, 0) is 75.0 Å². The van der Waals surface area contributed by atoms with E-state index in [1.54, 1.807) is 0 Å². The Bertz CT molecular complexity index is 870. The van der Waals surface area contributed by atoms with Crippen molar-refractivity contribution in [1.29, 1.82) is 0 Å². The Kier molecular flexibility index (Phi) is 4.31. The second-order valence-electron chi connectivity index (χ2n) is 9.55. The molecule has 4 aliphatic rings. The average molecular weight is 377 g/mol. The van der Waals surface area contributed by atoms with Gasteiger partial charge in [0.25, 0.3) is 0 Å². The Morgan fingerprint density at radius 1 is 1.04 bits per heavy atom. The fourth-order valence-electron chi connectivity index (χ4n) is 6.39. The van der Waals surface area contributed by atoms with E-state index in [4.69, 9.17) is 4.98 Å². The highest BCUT2D eigenvalue weighted by Crippen LogP contribution is 2.44. The molecule has 1 aromatic carbocycles. The van der Waals surface area contributed by atoms with Gasteiger partial charge in [-0.15, -0.1) is 0 Å². The van der Waals surface area contributed by atoms with Crippen LogP contribution in [0.1, 0.15) is 56.4 Å². The number of allylic oxidation sites excluding steroid dienone is 2. The Labute approximate surface area is 168 Å². The number of benzene rings is 1. The van der Waals surface area contributed by atoms with Crippen LogP contribution < -0.4 is 5.32 Å². The monoisotopic (exact) mass is 376 g/mol. The summed E-state index contributed by atoms with van der Waals surface area (Å²) < 4.78 is 2.61. The van der Waals surface area contributed by atoms with Crippen molar-refractivity contribution in [2.24, 2.45) is 17.8 Å². The summed E-state index contributed by atoms with van der Waals surface area (Å²) in [6.07, 6.45) is 12.8. The van der Waals surface area contributed by atoms with Gasteiger partial charge in [-0.25, -0.2) is 4.98 Å². The maximum atomic E-state index is 5.08. The molecule has 2 aliphatic heterocycles. The predicted molar refractivity (Wildman–Crippen MR) is 113 cm³/mol. The van der Waals surface area contributed by atoms with Gasteiger partial charge in [0.2, 0.25) is 0 Å². The van der Waals surface area contributed by atoms with Crippen LogP contribution in [0.4, 0.5) is 0 Å². The van der Waals surface area contributed by atoms with Crippen molar-refractivity contribution in [2.45, 2.75) is 50.6 Å². The molecule has 4 heteroatoms. The van der Waals surface area contributed by atoms with Crippen LogP contribution in [0.15, 0.2) is 36.4 Å². The Morgan fingerprint density at radius 2 is 1.93 bits per heavy atom. The van der Waals surface area contributed by atoms with Gasteiger partial charge < -0.3 is 14.8 Å². The number of aromatic nitrogens is 2. The summed E-state index contributed by atoms with van der Waals surface area (Å²) in [5, 5.41) is 3.69. The van der Waals surface area contributed by atoms with Crippen molar-refractivity contribution < 1.29 is 0 Å². The number of imidazole rings is 1. The van der Waals surface area contributed by atoms with Crippen LogP contribution in [0.5, 0.6) is 0 Å². The highest BCUT2D eigenvalue weighted by molar-refractivity contribution is 5.76. The second-order valence-corrected chi connectivity index (χ2v) is 9.55. The lowest BCUT2D eigenvalue weighted by molar-refractivity contribution is 0.153. The number of nitrogens with one attached hydrogen (secondary N) is 1. The third-order valence-corrected chi connectivity index (χ3v) is 7.83. The van der Waals surface area contributed by atoms with Crippen LogP contribution in [0.2, 0.25) is 0 Å². The first-order valence-electron chi connectivity index (χ1n) is 11.5. The summed E-state index contributed by atoms with van der Waals surface area (Å²) in [6.45, 7) is 4.93. The number of hydrogen-bond acceptors (Lipinski definition) is 3. The lowest BCUT2D eigenvalue weighted by Crippen LogP contribution is -2.39. The van der Waals surface area contributed by atoms with Crippen LogP contribution in [0.3, 0.4) is 0 Å². The third-order valence-electron chi connectivity index (χ3n) is 7.83. The molecule has 1 N–H and O–H groups in total. The minimum atomic E-state index is 0.436. The van der Waals surface area contributed by atoms with E-state index in [-0.39, 0.29) is 0 Å². The highest BCUT2D eigenvalue weighted by Gasteiger charge is 2.37. The molecule has 2 aromatic rings. The van der Waals surface area contributed by atoms with E-state index in [1.807, 2.05) is 0 Å². The van der Waals surface area contributed by atoms with Gasteiger partial charge >= 0.3 is 0 Å². The van der Waals surface area contributed by atoms with Gasteiger partial charge in [0.15, 0.2) is 0 Å². The number of rotatable bonds is 4. The highest BCUT2D eigenvalue weighted by atomic mass is 15.2. The molecule has 6 rings (SSSR count). The van der Waals surface area contributed by atoms with Gasteiger partial charge in [0.1, 0.15) is 5.82 Å². The van der Waals surface area contributed by atoms with Crippen LogP contribution in [0, 0.1) is 17.8 Å². The number of fused-ring (bicyclic) bond motifs is 3. The number of hydrogen-bond donors (Lipinski definition) is 1. The molecule has 4 nitrogen and oxygen atoms in total. The zero-order chi connectivity index (χ0) is 18.5. The predicted octanol–water partition coefficient (Wildman–Crippen LogP) is 4.31. The first-order chi connectivity index (χ1) is 13.8. The molecule has 148 valence electrons. The second kappa shape index (κ2) is 7.00. The summed E-state index contributed by atoms with van der Waals surface area (Å²) in [6, 6.07) is 9.78. The fraction of sp³-hybridized carbons (Fsp3) is 0.625. The normalized spacial score (nSPS) is 33.4. The maximum Gasteiger partial charge on any atom is 0.127 e. The fourth-order valence-corrected chi connectivity index (χ4v) is 6.39. The van der Waals surface area contributed by atoms with Crippen LogP contribution in [-0.4, -0.2) is 40.6 Å². The van der Waals surface area contributed by atoms with E-state index in [0.717, 1.165) is 24.3 Å². The Hall–Kier alpha value is -1.65. The molecule has 2 aliphatic carbocycles. The molecular weight excluding hydrogens is 344 g/mol. The van der Waals surface area contributed by atoms with E-state index in [0.29, 0.717) is 12.1 Å². The van der Waals surface area contributed by atoms with Gasteiger partial charge in [-0.3, -0.25) is 0 Å². The molecule has 1 saturated carbocycles. The lowest BCUT2D eigenvalue weighted by Gasteiger charge is -2.36. The molecule has 0 radical (unpaired) electrons. The number of para-hydroxylation sites is 2. The molecule has 28 heavy (non-hydrogen) atoms. The average Bonchev–Trinajstić information content (AvgIpc) is 3.51. The summed E-state index contributed by atoms with van der Waals surface area (Å²) in [5.41, 5.74) is 2.50. The topological polar surface area (TPSA) is 33.1 Å². The zero-order valence-corrected chi connectivity index (χ0v) is 16.8. The summed E-state index contributed by atoms with van der Waals surface area (Å²) in [7, 11) is 0. The molecule has 2 saturated heterocycles. The zero-order valence-electron chi connectivity index (χ0n) is 16.8. The molecule has 0 amide bonds. The number of nitrogens with zero attached hydrogens (tertiary/aromatic N) is 3. The van der Waals surface area contributed by atoms with Gasteiger partial charge in [-0.1, -0.05) is 24.3 Å². The molecule has 3 fully saturated rings. The summed E-state index contributed by atoms with van der Waals surface area (Å²) in [4.78, 5) is 7.83. The first-order valence-corrected chi connectivity index (χ1v) is 11.5. The summed E-state index contributed by atoms with van der Waals surface area (Å²) in [5.74, 6) is 3.97. The van der Waals surface area contributed by atoms with Crippen molar-refractivity contribution in [1.82, 2.24) is 19.8 Å². The quantitative estimate of drug-likeness (QED) is 0.807. The van der Waals surface area contributed by atoms with Crippen LogP contribution in [0.25, 0.3) is 11.0 Å². The van der Waals surface area contributed by atoms with Gasteiger partial charge in [-0.2, -0.15) is 0 Å². The van der Waals surface area contributed by atoms with E-state index >= 15 is 0 Å². The Balaban J connectivity index is 1.20. The molecule has 3 heterocycles. The minimum absolute atomic E-state index is 0.436. The van der Waals surface area contributed by atoms with Crippen LogP contribution in [-0.2, 0) is 0 Å². The van der Waals surface area contributed by atoms with Gasteiger partial charge in [0.05, 0.1) is 17.1 Å². The lowest BCUT2D eigenvalue weighted by atomic mass is 9.92. The molecular formula is C24H32N4. The van der Waals surface area contributed by atoms with Crippen molar-refractivity contribution in [3.63, 3.8) is 0 Å². The maximum absolute atomic E-state index is 5.08. The first kappa shape index (κ1) is 17.2. The third kappa shape index (κ3) is 2.93. The standard InChI is InChI=1S/C24H32N4/c1-2-6-23-21(4-1)26-24(22-5-3-11-25-22)28(23)20-9-12-27(13-10-20)16-19-15-17-7-8-18(19)14-17/h1-2,4,6-8,17-20,22,25H,3,5,9-16H2. The van der Waals surface area contributed by atoms with Crippen molar-refractivity contribution in [3.05, 3.63) is 42.2 Å². The van der Waals surface area contributed by atoms with Crippen LogP contribution >= 0.6 is 0 Å². The van der Waals surface area contributed by atoms with E-state index < -0.39 is 0 Å². The van der Waals surface area contributed by atoms with Crippen molar-refractivity contribution in [3.8, 4) is 0 Å². The molecule has 2 bridgehead atoms. The van der Waals surface area contributed by atoms with E-state index in [1.165, 1.54) is 75.0 Å². The number of piperidine rings is 1. The van der Waals surface area contributed by atoms with Crippen molar-refractivity contribution in [2.75, 3.05) is 26.2 Å². The molecule has 4 atom stereocenters. The Morgan fingerprint density at radius 3 is 2.68 bits per heavy atom. The molecule has 4 unspecified atom stereocenters. The molecule has 0 spiro atoms.